The highest BCUT2D eigenvalue weighted by molar-refractivity contribution is 5.78. The molecular formula is C11H16O2. The van der Waals surface area contributed by atoms with Crippen LogP contribution in [0.2, 0.25) is 0 Å². The molecule has 1 saturated heterocycles. The Kier molecular flexibility index (Phi) is 3.29. The van der Waals surface area contributed by atoms with Crippen LogP contribution in [-0.4, -0.2) is 12.6 Å². The minimum Gasteiger partial charge on any atom is -0.465 e. The molecule has 0 unspecified atom stereocenters. The highest BCUT2D eigenvalue weighted by Crippen LogP contribution is 2.33. The molecular weight excluding hydrogens is 164 g/mol. The van der Waals surface area contributed by atoms with Crippen molar-refractivity contribution in [3.05, 3.63) is 24.3 Å². The molecule has 1 aliphatic rings. The lowest BCUT2D eigenvalue weighted by Gasteiger charge is -2.15. The first-order chi connectivity index (χ1) is 6.19. The normalized spacial score (nSPS) is 28.9. The van der Waals surface area contributed by atoms with Crippen molar-refractivity contribution in [3.8, 4) is 0 Å². The first kappa shape index (κ1) is 10.0. The molecule has 2 heteroatoms. The maximum absolute atomic E-state index is 11.3. The summed E-state index contributed by atoms with van der Waals surface area (Å²) in [6.45, 7) is 4.50. The van der Waals surface area contributed by atoms with Gasteiger partial charge in [0.05, 0.1) is 12.0 Å². The summed E-state index contributed by atoms with van der Waals surface area (Å²) in [6.07, 6.45) is 9.53. The van der Waals surface area contributed by atoms with E-state index in [1.807, 2.05) is 38.2 Å². The third-order valence-corrected chi connectivity index (χ3v) is 2.39. The van der Waals surface area contributed by atoms with Gasteiger partial charge in [-0.2, -0.15) is 0 Å². The van der Waals surface area contributed by atoms with Crippen LogP contribution in [-0.2, 0) is 9.53 Å². The van der Waals surface area contributed by atoms with Crippen LogP contribution < -0.4 is 0 Å². The molecule has 0 aliphatic carbocycles. The molecule has 0 aromatic carbocycles. The lowest BCUT2D eigenvalue weighted by molar-refractivity contribution is -0.145. The number of hydrogen-bond acceptors (Lipinski definition) is 2. The zero-order valence-electron chi connectivity index (χ0n) is 8.25. The van der Waals surface area contributed by atoms with Crippen LogP contribution in [0.3, 0.4) is 0 Å². The van der Waals surface area contributed by atoms with Gasteiger partial charge in [0.25, 0.3) is 0 Å². The molecule has 0 saturated carbocycles. The molecule has 1 heterocycles. The maximum Gasteiger partial charge on any atom is 0.312 e. The van der Waals surface area contributed by atoms with Crippen LogP contribution >= 0.6 is 0 Å². The summed E-state index contributed by atoms with van der Waals surface area (Å²) in [4.78, 5) is 11.3. The Bertz CT molecular complexity index is 240. The van der Waals surface area contributed by atoms with Crippen LogP contribution in [0.15, 0.2) is 24.3 Å². The van der Waals surface area contributed by atoms with Crippen molar-refractivity contribution in [1.29, 1.82) is 0 Å². The van der Waals surface area contributed by atoms with Crippen molar-refractivity contribution in [1.82, 2.24) is 0 Å². The molecule has 0 spiro atoms. The van der Waals surface area contributed by atoms with Gasteiger partial charge in [0, 0.05) is 0 Å². The first-order valence-electron chi connectivity index (χ1n) is 4.64. The summed E-state index contributed by atoms with van der Waals surface area (Å²) in [5, 5.41) is 0. The second kappa shape index (κ2) is 4.26. The first-order valence-corrected chi connectivity index (χ1v) is 4.64. The van der Waals surface area contributed by atoms with Gasteiger partial charge in [-0.15, -0.1) is 0 Å². The Morgan fingerprint density at radius 2 is 2.31 bits per heavy atom. The standard InChI is InChI=1S/C11H16O2/c1-3-4-5-6-7-11(2)8-9-13-10(11)12/h3-6H,7-9H2,1-2H3/b4-3+,6-5+/t11-/m0/s1. The van der Waals surface area contributed by atoms with Crippen LogP contribution in [0.1, 0.15) is 26.7 Å². The third-order valence-electron chi connectivity index (χ3n) is 2.39. The summed E-state index contributed by atoms with van der Waals surface area (Å²) in [7, 11) is 0. The average molecular weight is 180 g/mol. The lowest BCUT2D eigenvalue weighted by atomic mass is 9.85. The minimum absolute atomic E-state index is 0.0578. The van der Waals surface area contributed by atoms with E-state index in [-0.39, 0.29) is 11.4 Å². The average Bonchev–Trinajstić information content (AvgIpc) is 2.42. The van der Waals surface area contributed by atoms with E-state index in [2.05, 4.69) is 0 Å². The summed E-state index contributed by atoms with van der Waals surface area (Å²) >= 11 is 0. The van der Waals surface area contributed by atoms with Crippen molar-refractivity contribution in [3.63, 3.8) is 0 Å². The molecule has 0 aromatic rings. The van der Waals surface area contributed by atoms with Crippen LogP contribution in [0.4, 0.5) is 0 Å². The van der Waals surface area contributed by atoms with Crippen LogP contribution in [0, 0.1) is 5.41 Å². The van der Waals surface area contributed by atoms with E-state index in [9.17, 15) is 4.79 Å². The van der Waals surface area contributed by atoms with Gasteiger partial charge in [-0.3, -0.25) is 4.79 Å². The van der Waals surface area contributed by atoms with Gasteiger partial charge in [0.15, 0.2) is 0 Å². The maximum atomic E-state index is 11.3. The van der Waals surface area contributed by atoms with Crippen LogP contribution in [0.5, 0.6) is 0 Å². The summed E-state index contributed by atoms with van der Waals surface area (Å²) < 4.78 is 4.93. The molecule has 1 atom stereocenters. The smallest absolute Gasteiger partial charge is 0.312 e. The number of cyclic esters (lactones) is 1. The van der Waals surface area contributed by atoms with E-state index < -0.39 is 0 Å². The highest BCUT2D eigenvalue weighted by atomic mass is 16.5. The second-order valence-corrected chi connectivity index (χ2v) is 3.60. The topological polar surface area (TPSA) is 26.3 Å². The largest absolute Gasteiger partial charge is 0.465 e. The quantitative estimate of drug-likeness (QED) is 0.492. The zero-order valence-corrected chi connectivity index (χ0v) is 8.25. The molecule has 2 nitrogen and oxygen atoms in total. The molecule has 0 amide bonds. The molecule has 1 rings (SSSR count). The predicted molar refractivity (Wildman–Crippen MR) is 52.3 cm³/mol. The van der Waals surface area contributed by atoms with Gasteiger partial charge in [0.2, 0.25) is 0 Å². The van der Waals surface area contributed by atoms with Gasteiger partial charge < -0.3 is 4.74 Å². The van der Waals surface area contributed by atoms with E-state index in [4.69, 9.17) is 4.74 Å². The number of carbonyl (C=O) groups excluding carboxylic acids is 1. The zero-order chi connectivity index (χ0) is 9.73. The fourth-order valence-electron chi connectivity index (χ4n) is 1.35. The monoisotopic (exact) mass is 180 g/mol. The van der Waals surface area contributed by atoms with Gasteiger partial charge in [-0.25, -0.2) is 0 Å². The van der Waals surface area contributed by atoms with Crippen LogP contribution in [0.25, 0.3) is 0 Å². The SMILES string of the molecule is C/C=C/C=C/C[C@@]1(C)CCOC1=O. The molecule has 0 radical (unpaired) electrons. The van der Waals surface area contributed by atoms with Crippen molar-refractivity contribution in [2.45, 2.75) is 26.7 Å². The van der Waals surface area contributed by atoms with E-state index in [0.717, 1.165) is 12.8 Å². The molecule has 72 valence electrons. The van der Waals surface area contributed by atoms with E-state index >= 15 is 0 Å². The lowest BCUT2D eigenvalue weighted by Crippen LogP contribution is -2.21. The number of ether oxygens (including phenoxy) is 1. The molecule has 1 fully saturated rings. The molecule has 13 heavy (non-hydrogen) atoms. The van der Waals surface area contributed by atoms with Crippen molar-refractivity contribution in [2.24, 2.45) is 5.41 Å². The van der Waals surface area contributed by atoms with Crippen molar-refractivity contribution < 1.29 is 9.53 Å². The molecule has 0 aromatic heterocycles. The number of esters is 1. The van der Waals surface area contributed by atoms with Gasteiger partial charge in [-0.05, 0) is 26.7 Å². The van der Waals surface area contributed by atoms with Crippen molar-refractivity contribution >= 4 is 5.97 Å². The van der Waals surface area contributed by atoms with E-state index in [0.29, 0.717) is 6.61 Å². The Morgan fingerprint density at radius 3 is 2.85 bits per heavy atom. The third kappa shape index (κ3) is 2.44. The summed E-state index contributed by atoms with van der Waals surface area (Å²) in [5.41, 5.74) is -0.280. The Labute approximate surface area is 79.3 Å². The summed E-state index contributed by atoms with van der Waals surface area (Å²) in [5.74, 6) is -0.0578. The van der Waals surface area contributed by atoms with Gasteiger partial charge >= 0.3 is 5.97 Å². The number of allylic oxidation sites excluding steroid dienone is 4. The number of hydrogen-bond donors (Lipinski definition) is 0. The number of rotatable bonds is 3. The van der Waals surface area contributed by atoms with Gasteiger partial charge in [-0.1, -0.05) is 24.3 Å². The van der Waals surface area contributed by atoms with E-state index in [1.165, 1.54) is 0 Å². The second-order valence-electron chi connectivity index (χ2n) is 3.60. The fourth-order valence-corrected chi connectivity index (χ4v) is 1.35. The van der Waals surface area contributed by atoms with E-state index in [1.54, 1.807) is 0 Å². The molecule has 1 aliphatic heterocycles. The number of carbonyl (C=O) groups is 1. The minimum atomic E-state index is -0.280. The Balaban J connectivity index is 2.47. The Hall–Kier alpha value is -1.05. The van der Waals surface area contributed by atoms with Gasteiger partial charge in [0.1, 0.15) is 0 Å². The Morgan fingerprint density at radius 1 is 1.54 bits per heavy atom. The fraction of sp³-hybridized carbons (Fsp3) is 0.545. The van der Waals surface area contributed by atoms with Crippen molar-refractivity contribution in [2.75, 3.05) is 6.61 Å². The molecule has 0 N–H and O–H groups in total. The molecule has 0 bridgehead atoms. The highest BCUT2D eigenvalue weighted by Gasteiger charge is 2.38. The summed E-state index contributed by atoms with van der Waals surface area (Å²) in [6, 6.07) is 0. The predicted octanol–water partition coefficient (Wildman–Crippen LogP) is 2.46.